The van der Waals surface area contributed by atoms with Crippen molar-refractivity contribution in [2.24, 2.45) is 0 Å². The highest BCUT2D eigenvalue weighted by molar-refractivity contribution is 7.89. The van der Waals surface area contributed by atoms with Gasteiger partial charge in [-0.05, 0) is 12.1 Å². The predicted molar refractivity (Wildman–Crippen MR) is 49.2 cm³/mol. The number of para-hydroxylation sites is 1. The van der Waals surface area contributed by atoms with E-state index < -0.39 is 10.2 Å². The first kappa shape index (κ1) is 9.73. The second-order valence-corrected chi connectivity index (χ2v) is 3.51. The first-order valence-corrected chi connectivity index (χ1v) is 4.95. The van der Waals surface area contributed by atoms with Crippen molar-refractivity contribution in [3.8, 4) is 0 Å². The van der Waals surface area contributed by atoms with Crippen LogP contribution in [-0.2, 0) is 10.2 Å². The van der Waals surface area contributed by atoms with Crippen LogP contribution in [0.1, 0.15) is 0 Å². The molecule has 0 bridgehead atoms. The lowest BCUT2D eigenvalue weighted by atomic mass is 10.3. The van der Waals surface area contributed by atoms with Crippen LogP contribution < -0.4 is 5.32 Å². The molecule has 0 aromatic heterocycles. The van der Waals surface area contributed by atoms with E-state index in [2.05, 4.69) is 5.32 Å². The second-order valence-electron chi connectivity index (χ2n) is 2.29. The van der Waals surface area contributed by atoms with Crippen molar-refractivity contribution in [3.63, 3.8) is 0 Å². The maximum Gasteiger partial charge on any atom is 0.326 e. The molecule has 0 fully saturated rings. The van der Waals surface area contributed by atoms with Gasteiger partial charge in [0, 0.05) is 11.9 Å². The fourth-order valence-electron chi connectivity index (χ4n) is 0.746. The number of rotatable bonds is 3. The molecule has 0 saturated heterocycles. The molecule has 0 heterocycles. The molecule has 5 heteroatoms. The smallest absolute Gasteiger partial charge is 0.326 e. The summed E-state index contributed by atoms with van der Waals surface area (Å²) in [4.78, 5) is 0. The SMILES string of the molecule is O=S(=O)(F)C=CNc1ccccc1. The third kappa shape index (κ3) is 4.27. The van der Waals surface area contributed by atoms with Crippen LogP contribution in [0.15, 0.2) is 41.9 Å². The molecule has 13 heavy (non-hydrogen) atoms. The van der Waals surface area contributed by atoms with E-state index >= 15 is 0 Å². The molecule has 70 valence electrons. The molecule has 1 aromatic carbocycles. The molecule has 0 saturated carbocycles. The van der Waals surface area contributed by atoms with Gasteiger partial charge in [-0.25, -0.2) is 0 Å². The first-order valence-electron chi connectivity index (χ1n) is 3.51. The van der Waals surface area contributed by atoms with Gasteiger partial charge < -0.3 is 5.32 Å². The molecule has 1 aromatic rings. The third-order valence-electron chi connectivity index (χ3n) is 1.25. The summed E-state index contributed by atoms with van der Waals surface area (Å²) in [5.74, 6) is 0. The van der Waals surface area contributed by atoms with Crippen molar-refractivity contribution in [2.75, 3.05) is 5.32 Å². The van der Waals surface area contributed by atoms with Gasteiger partial charge in [0.1, 0.15) is 0 Å². The lowest BCUT2D eigenvalue weighted by Gasteiger charge is -1.96. The fourth-order valence-corrected chi connectivity index (χ4v) is 0.976. The van der Waals surface area contributed by atoms with Crippen LogP contribution in [0, 0.1) is 0 Å². The lowest BCUT2D eigenvalue weighted by Crippen LogP contribution is -1.89. The Labute approximate surface area is 76.1 Å². The van der Waals surface area contributed by atoms with Gasteiger partial charge in [0.25, 0.3) is 0 Å². The summed E-state index contributed by atoms with van der Waals surface area (Å²) in [6.45, 7) is 0. The van der Waals surface area contributed by atoms with Crippen LogP contribution in [0.4, 0.5) is 9.57 Å². The van der Waals surface area contributed by atoms with Crippen LogP contribution in [0.25, 0.3) is 0 Å². The fraction of sp³-hybridized carbons (Fsp3) is 0. The second kappa shape index (κ2) is 4.04. The standard InChI is InChI=1S/C8H8FNO2S/c9-13(11,12)7-6-10-8-4-2-1-3-5-8/h1-7,10H. The van der Waals surface area contributed by atoms with Gasteiger partial charge in [0.2, 0.25) is 0 Å². The molecule has 0 atom stereocenters. The summed E-state index contributed by atoms with van der Waals surface area (Å²) in [6, 6.07) is 8.84. The van der Waals surface area contributed by atoms with E-state index in [1.54, 1.807) is 24.3 Å². The first-order chi connectivity index (χ1) is 6.08. The van der Waals surface area contributed by atoms with Gasteiger partial charge in [-0.2, -0.15) is 8.42 Å². The van der Waals surface area contributed by atoms with Crippen LogP contribution >= 0.6 is 0 Å². The average molecular weight is 201 g/mol. The highest BCUT2D eigenvalue weighted by Gasteiger charge is 1.96. The van der Waals surface area contributed by atoms with Gasteiger partial charge in [-0.3, -0.25) is 0 Å². The molecule has 0 amide bonds. The van der Waals surface area contributed by atoms with Crippen LogP contribution in [0.5, 0.6) is 0 Å². The van der Waals surface area contributed by atoms with Crippen molar-refractivity contribution in [3.05, 3.63) is 41.9 Å². The average Bonchev–Trinajstić information content (AvgIpc) is 2.04. The Balaban J connectivity index is 2.59. The zero-order chi connectivity index (χ0) is 9.73. The number of nitrogens with one attached hydrogen (secondary N) is 1. The molecule has 0 aliphatic heterocycles. The number of hydrogen-bond acceptors (Lipinski definition) is 3. The molecule has 1 N–H and O–H groups in total. The van der Waals surface area contributed by atoms with E-state index in [-0.39, 0.29) is 0 Å². The van der Waals surface area contributed by atoms with Gasteiger partial charge >= 0.3 is 10.2 Å². The molecule has 0 radical (unpaired) electrons. The van der Waals surface area contributed by atoms with Crippen molar-refractivity contribution in [2.45, 2.75) is 0 Å². The Hall–Kier alpha value is -1.36. The number of anilines is 1. The Bertz CT molecular complexity index is 386. The molecule has 0 aliphatic carbocycles. The number of hydrogen-bond donors (Lipinski definition) is 1. The van der Waals surface area contributed by atoms with E-state index in [1.807, 2.05) is 6.07 Å². The molecule has 1 rings (SSSR count). The minimum atomic E-state index is -4.54. The topological polar surface area (TPSA) is 46.2 Å². The Kier molecular flexibility index (Phi) is 3.02. The van der Waals surface area contributed by atoms with Crippen molar-refractivity contribution < 1.29 is 12.3 Å². The number of benzene rings is 1. The van der Waals surface area contributed by atoms with E-state index in [4.69, 9.17) is 0 Å². The van der Waals surface area contributed by atoms with E-state index in [0.29, 0.717) is 11.1 Å². The third-order valence-corrected chi connectivity index (χ3v) is 1.72. The Morgan fingerprint density at radius 1 is 1.23 bits per heavy atom. The monoisotopic (exact) mass is 201 g/mol. The Morgan fingerprint density at radius 2 is 1.85 bits per heavy atom. The van der Waals surface area contributed by atoms with Crippen molar-refractivity contribution >= 4 is 15.9 Å². The lowest BCUT2D eigenvalue weighted by molar-refractivity contribution is 0.563. The van der Waals surface area contributed by atoms with Gasteiger partial charge in [0.05, 0.1) is 5.41 Å². The maximum atomic E-state index is 11.9. The summed E-state index contributed by atoms with van der Waals surface area (Å²) in [6.07, 6.45) is 1.03. The molecule has 0 unspecified atom stereocenters. The van der Waals surface area contributed by atoms with Crippen LogP contribution in [-0.4, -0.2) is 8.42 Å². The molecule has 0 aliphatic rings. The summed E-state index contributed by atoms with van der Waals surface area (Å²) in [7, 11) is -4.54. The molecular weight excluding hydrogens is 193 g/mol. The minimum absolute atomic E-state index is 0.458. The van der Waals surface area contributed by atoms with Crippen molar-refractivity contribution in [1.82, 2.24) is 0 Å². The predicted octanol–water partition coefficient (Wildman–Crippen LogP) is 1.87. The molecule has 3 nitrogen and oxygen atoms in total. The Morgan fingerprint density at radius 3 is 2.38 bits per heavy atom. The van der Waals surface area contributed by atoms with Gasteiger partial charge in [-0.1, -0.05) is 18.2 Å². The van der Waals surface area contributed by atoms with E-state index in [9.17, 15) is 12.3 Å². The van der Waals surface area contributed by atoms with Crippen LogP contribution in [0.2, 0.25) is 0 Å². The summed E-state index contributed by atoms with van der Waals surface area (Å²) >= 11 is 0. The largest absolute Gasteiger partial charge is 0.361 e. The highest BCUT2D eigenvalue weighted by Crippen LogP contribution is 2.04. The minimum Gasteiger partial charge on any atom is -0.361 e. The zero-order valence-electron chi connectivity index (χ0n) is 6.64. The highest BCUT2D eigenvalue weighted by atomic mass is 32.3. The van der Waals surface area contributed by atoms with Crippen molar-refractivity contribution in [1.29, 1.82) is 0 Å². The summed E-state index contributed by atoms with van der Waals surface area (Å²) in [5.41, 5.74) is 0.697. The van der Waals surface area contributed by atoms with E-state index in [0.717, 1.165) is 6.20 Å². The normalized spacial score (nSPS) is 11.8. The quantitative estimate of drug-likeness (QED) is 0.759. The van der Waals surface area contributed by atoms with E-state index in [1.165, 1.54) is 0 Å². The number of halogens is 1. The maximum absolute atomic E-state index is 11.9. The summed E-state index contributed by atoms with van der Waals surface area (Å²) < 4.78 is 32.0. The van der Waals surface area contributed by atoms with Crippen LogP contribution in [0.3, 0.4) is 0 Å². The molecule has 0 spiro atoms. The summed E-state index contributed by atoms with van der Waals surface area (Å²) in [5, 5.41) is 3.06. The zero-order valence-corrected chi connectivity index (χ0v) is 7.46. The molecular formula is C8H8FNO2S. The van der Waals surface area contributed by atoms with Gasteiger partial charge in [-0.15, -0.1) is 3.89 Å². The van der Waals surface area contributed by atoms with Gasteiger partial charge in [0.15, 0.2) is 0 Å².